The Morgan fingerprint density at radius 2 is 2.10 bits per heavy atom. The van der Waals surface area contributed by atoms with Crippen molar-refractivity contribution in [3.8, 4) is 0 Å². The van der Waals surface area contributed by atoms with Crippen LogP contribution in [0.4, 0.5) is 0 Å². The zero-order valence-corrected chi connectivity index (χ0v) is 15.9. The molecular weight excluding hydrogens is 324 g/mol. The van der Waals surface area contributed by atoms with Crippen LogP contribution in [0.3, 0.4) is 0 Å². The van der Waals surface area contributed by atoms with Crippen LogP contribution in [0.15, 0.2) is 10.3 Å². The summed E-state index contributed by atoms with van der Waals surface area (Å²) in [6, 6.07) is 1.85. The summed E-state index contributed by atoms with van der Waals surface area (Å²) >= 11 is 3.06. The number of hydrogen-bond acceptors (Lipinski definition) is 5. The predicted molar refractivity (Wildman–Crippen MR) is 93.8 cm³/mol. The highest BCUT2D eigenvalue weighted by Gasteiger charge is 2.28. The van der Waals surface area contributed by atoms with Crippen LogP contribution in [0.1, 0.15) is 30.7 Å². The van der Waals surface area contributed by atoms with Gasteiger partial charge in [0.15, 0.2) is 0 Å². The molecule has 0 saturated carbocycles. The second-order valence-corrected chi connectivity index (χ2v) is 9.26. The van der Waals surface area contributed by atoms with Crippen molar-refractivity contribution in [3.63, 3.8) is 0 Å². The highest BCUT2D eigenvalue weighted by atomic mass is 32.2. The molecule has 0 bridgehead atoms. The smallest absolute Gasteiger partial charge is 0.252 e. The Bertz CT molecular complexity index is 540. The summed E-state index contributed by atoms with van der Waals surface area (Å²) in [5.41, 5.74) is 1.05. The highest BCUT2D eigenvalue weighted by molar-refractivity contribution is 7.98. The Kier molecular flexibility index (Phi) is 7.70. The lowest BCUT2D eigenvalue weighted by Crippen LogP contribution is -2.37. The molecule has 0 aliphatic rings. The van der Waals surface area contributed by atoms with Crippen molar-refractivity contribution < 1.29 is 8.42 Å². The minimum absolute atomic E-state index is 0.0459. The van der Waals surface area contributed by atoms with Crippen LogP contribution in [0, 0.1) is 6.92 Å². The van der Waals surface area contributed by atoms with Crippen molar-refractivity contribution in [1.82, 2.24) is 9.62 Å². The van der Waals surface area contributed by atoms with E-state index < -0.39 is 10.0 Å². The average Bonchev–Trinajstić information content (AvgIpc) is 2.83. The minimum atomic E-state index is -3.39. The molecule has 0 amide bonds. The van der Waals surface area contributed by atoms with E-state index in [4.69, 9.17) is 0 Å². The van der Waals surface area contributed by atoms with Crippen LogP contribution in [-0.4, -0.2) is 44.4 Å². The zero-order valence-electron chi connectivity index (χ0n) is 13.5. The largest absolute Gasteiger partial charge is 0.312 e. The van der Waals surface area contributed by atoms with Crippen molar-refractivity contribution in [2.75, 3.05) is 25.6 Å². The molecule has 0 radical (unpaired) electrons. The molecule has 0 aliphatic heterocycles. The van der Waals surface area contributed by atoms with Gasteiger partial charge in [0.05, 0.1) is 0 Å². The van der Waals surface area contributed by atoms with Crippen molar-refractivity contribution in [2.24, 2.45) is 0 Å². The Labute approximate surface area is 137 Å². The van der Waals surface area contributed by atoms with Gasteiger partial charge in [-0.1, -0.05) is 13.8 Å². The number of hydrogen-bond donors (Lipinski definition) is 1. The number of nitrogens with one attached hydrogen (secondary N) is 1. The van der Waals surface area contributed by atoms with Crippen LogP contribution in [0.2, 0.25) is 0 Å². The van der Waals surface area contributed by atoms with Gasteiger partial charge in [-0.05, 0) is 37.8 Å². The summed E-state index contributed by atoms with van der Waals surface area (Å²) in [6.45, 7) is 7.66. The van der Waals surface area contributed by atoms with E-state index in [9.17, 15) is 8.42 Å². The first-order valence-electron chi connectivity index (χ1n) is 7.15. The van der Waals surface area contributed by atoms with Gasteiger partial charge in [0.1, 0.15) is 4.21 Å². The van der Waals surface area contributed by atoms with Gasteiger partial charge in [0.25, 0.3) is 10.0 Å². The first kappa shape index (κ1) is 19.0. The molecule has 0 saturated heterocycles. The third-order valence-electron chi connectivity index (χ3n) is 3.51. The number of thiophene rings is 1. The third kappa shape index (κ3) is 4.69. The number of aryl methyl sites for hydroxylation is 1. The summed E-state index contributed by atoms with van der Waals surface area (Å²) in [7, 11) is -1.70. The molecule has 21 heavy (non-hydrogen) atoms. The molecule has 1 N–H and O–H groups in total. The lowest BCUT2D eigenvalue weighted by molar-refractivity contribution is 0.386. The maximum absolute atomic E-state index is 12.8. The molecule has 1 aromatic heterocycles. The van der Waals surface area contributed by atoms with Crippen molar-refractivity contribution in [1.29, 1.82) is 0 Å². The lowest BCUT2D eigenvalue weighted by Gasteiger charge is -2.25. The summed E-state index contributed by atoms with van der Waals surface area (Å²) in [6.07, 6.45) is 2.83. The molecular formula is C14H26N2O2S3. The first-order valence-corrected chi connectivity index (χ1v) is 10.8. The minimum Gasteiger partial charge on any atom is -0.312 e. The quantitative estimate of drug-likeness (QED) is 0.744. The Morgan fingerprint density at radius 3 is 2.62 bits per heavy atom. The number of thioether (sulfide) groups is 1. The Hall–Kier alpha value is -0.0800. The molecule has 4 nitrogen and oxygen atoms in total. The fourth-order valence-electron chi connectivity index (χ4n) is 2.04. The summed E-state index contributed by atoms with van der Waals surface area (Å²) in [5.74, 6) is 0.820. The number of nitrogens with zero attached hydrogens (tertiary/aromatic N) is 1. The molecule has 7 heteroatoms. The van der Waals surface area contributed by atoms with Gasteiger partial charge in [0, 0.05) is 30.3 Å². The van der Waals surface area contributed by atoms with E-state index in [1.54, 1.807) is 24.9 Å². The van der Waals surface area contributed by atoms with E-state index in [0.29, 0.717) is 4.21 Å². The van der Waals surface area contributed by atoms with Gasteiger partial charge in [-0.3, -0.25) is 0 Å². The van der Waals surface area contributed by atoms with Crippen molar-refractivity contribution in [3.05, 3.63) is 16.5 Å². The Morgan fingerprint density at radius 1 is 1.43 bits per heavy atom. The van der Waals surface area contributed by atoms with Gasteiger partial charge >= 0.3 is 0 Å². The second-order valence-electron chi connectivity index (χ2n) is 4.99. The molecule has 122 valence electrons. The Balaban J connectivity index is 3.01. The maximum atomic E-state index is 12.8. The SMILES string of the molecule is CCNCc1sc(S(=O)(=O)N(C)C(CC)CSC)cc1C. The fourth-order valence-corrected chi connectivity index (χ4v) is 6.15. The third-order valence-corrected chi connectivity index (χ3v) is 7.83. The van der Waals surface area contributed by atoms with Crippen LogP contribution in [0.5, 0.6) is 0 Å². The molecule has 1 unspecified atom stereocenters. The maximum Gasteiger partial charge on any atom is 0.252 e. The van der Waals surface area contributed by atoms with Crippen LogP contribution in [-0.2, 0) is 16.6 Å². The molecule has 0 fully saturated rings. The fraction of sp³-hybridized carbons (Fsp3) is 0.714. The average molecular weight is 351 g/mol. The molecule has 1 heterocycles. The lowest BCUT2D eigenvalue weighted by atomic mass is 10.3. The van der Waals surface area contributed by atoms with Crippen molar-refractivity contribution in [2.45, 2.75) is 44.0 Å². The van der Waals surface area contributed by atoms with E-state index >= 15 is 0 Å². The molecule has 0 spiro atoms. The second kappa shape index (κ2) is 8.53. The van der Waals surface area contributed by atoms with Gasteiger partial charge in [-0.15, -0.1) is 11.3 Å². The van der Waals surface area contributed by atoms with Gasteiger partial charge < -0.3 is 5.32 Å². The predicted octanol–water partition coefficient (Wildman–Crippen LogP) is 2.93. The highest BCUT2D eigenvalue weighted by Crippen LogP contribution is 2.29. The van der Waals surface area contributed by atoms with Crippen LogP contribution >= 0.6 is 23.1 Å². The topological polar surface area (TPSA) is 49.4 Å². The number of sulfonamides is 1. The summed E-state index contributed by atoms with van der Waals surface area (Å²) < 4.78 is 27.5. The van der Waals surface area contributed by atoms with E-state index in [-0.39, 0.29) is 6.04 Å². The van der Waals surface area contributed by atoms with Gasteiger partial charge in [-0.25, -0.2) is 8.42 Å². The summed E-state index contributed by atoms with van der Waals surface area (Å²) in [5, 5.41) is 3.25. The van der Waals surface area contributed by atoms with E-state index in [0.717, 1.165) is 35.7 Å². The van der Waals surface area contributed by atoms with Crippen molar-refractivity contribution >= 4 is 33.1 Å². The van der Waals surface area contributed by atoms with Crippen LogP contribution < -0.4 is 5.32 Å². The first-order chi connectivity index (χ1) is 9.88. The molecule has 1 atom stereocenters. The van der Waals surface area contributed by atoms with Crippen LogP contribution in [0.25, 0.3) is 0 Å². The standard InChI is InChI=1S/C14H26N2O2S3/c1-6-12(10-19-5)16(4)21(17,18)14-8-11(3)13(20-14)9-15-7-2/h8,12,15H,6-7,9-10H2,1-5H3. The number of rotatable bonds is 9. The molecule has 1 aromatic rings. The van der Waals surface area contributed by atoms with Gasteiger partial charge in [-0.2, -0.15) is 16.1 Å². The molecule has 0 aromatic carbocycles. The molecule has 1 rings (SSSR count). The summed E-state index contributed by atoms with van der Waals surface area (Å²) in [4.78, 5) is 1.10. The van der Waals surface area contributed by atoms with E-state index in [2.05, 4.69) is 5.32 Å². The molecule has 0 aliphatic carbocycles. The zero-order chi connectivity index (χ0) is 16.0. The monoisotopic (exact) mass is 350 g/mol. The van der Waals surface area contributed by atoms with E-state index in [1.807, 2.05) is 27.0 Å². The van der Waals surface area contributed by atoms with E-state index in [1.165, 1.54) is 15.6 Å². The normalized spacial score (nSPS) is 13.8. The van der Waals surface area contributed by atoms with Gasteiger partial charge in [0.2, 0.25) is 0 Å².